The van der Waals surface area contributed by atoms with Gasteiger partial charge in [-0.25, -0.2) is 16.5 Å². The molecule has 110 valence electrons. The smallest absolute Gasteiger partial charge is 0.284 e. The first-order valence-corrected chi connectivity index (χ1v) is 7.05. The summed E-state index contributed by atoms with van der Waals surface area (Å²) in [7, 11) is 0. The highest BCUT2D eigenvalue weighted by atomic mass is 16.5. The third-order valence-corrected chi connectivity index (χ3v) is 4.09. The highest BCUT2D eigenvalue weighted by molar-refractivity contribution is 6.00. The molecular formula is C15H18N4O2. The Morgan fingerprint density at radius 3 is 2.95 bits per heavy atom. The second-order valence-electron chi connectivity index (χ2n) is 5.93. The molecule has 6 nitrogen and oxygen atoms in total. The number of hydrogen-bond acceptors (Lipinski definition) is 4. The molecule has 3 heterocycles. The molecule has 1 spiro atoms. The van der Waals surface area contributed by atoms with Crippen molar-refractivity contribution >= 4 is 11.7 Å². The molecule has 2 atom stereocenters. The standard InChI is InChI=1S/C15H18N4O2/c1-9(2)19-8-15(7-12(19)16-4)14(20)18-13-11(21-15)6-5-10(3)17-13/h5-6,9,12H,7-8H2,1-3H3,(H,17,18,20)/t12-,15+/m0/s1. The number of ether oxygens (including phenoxy) is 1. The van der Waals surface area contributed by atoms with E-state index in [1.807, 2.05) is 37.8 Å². The molecule has 1 amide bonds. The molecule has 1 aromatic rings. The van der Waals surface area contributed by atoms with Crippen LogP contribution in [-0.2, 0) is 4.79 Å². The van der Waals surface area contributed by atoms with Gasteiger partial charge in [-0.05, 0) is 32.9 Å². The molecule has 1 saturated heterocycles. The van der Waals surface area contributed by atoms with E-state index in [4.69, 9.17) is 11.3 Å². The Bertz CT molecular complexity index is 637. The number of carbonyl (C=O) groups excluding carboxylic acids is 1. The number of anilines is 1. The van der Waals surface area contributed by atoms with Gasteiger partial charge in [-0.2, -0.15) is 0 Å². The van der Waals surface area contributed by atoms with Crippen LogP contribution in [0.2, 0.25) is 0 Å². The van der Waals surface area contributed by atoms with Gasteiger partial charge < -0.3 is 10.1 Å². The molecule has 21 heavy (non-hydrogen) atoms. The first kappa shape index (κ1) is 13.8. The summed E-state index contributed by atoms with van der Waals surface area (Å²) in [4.78, 5) is 22.5. The molecule has 3 rings (SSSR count). The molecule has 0 unspecified atom stereocenters. The molecule has 0 radical (unpaired) electrons. The maximum absolute atomic E-state index is 12.5. The molecule has 0 aliphatic carbocycles. The number of fused-ring (bicyclic) bond motifs is 1. The summed E-state index contributed by atoms with van der Waals surface area (Å²) in [6, 6.07) is 3.87. The highest BCUT2D eigenvalue weighted by Crippen LogP contribution is 2.40. The molecule has 0 saturated carbocycles. The molecule has 1 aromatic heterocycles. The van der Waals surface area contributed by atoms with Crippen molar-refractivity contribution in [2.75, 3.05) is 11.9 Å². The SMILES string of the molecule is [C-]#[N+][C@@H]1C[C@]2(CN1C(C)C)Oc1ccc(C)nc1NC2=O. The predicted molar refractivity (Wildman–Crippen MR) is 77.8 cm³/mol. The molecule has 0 bridgehead atoms. The predicted octanol–water partition coefficient (Wildman–Crippen LogP) is 1.82. The molecule has 2 aliphatic heterocycles. The van der Waals surface area contributed by atoms with Crippen LogP contribution >= 0.6 is 0 Å². The van der Waals surface area contributed by atoms with E-state index >= 15 is 0 Å². The van der Waals surface area contributed by atoms with Crippen LogP contribution in [0.4, 0.5) is 5.82 Å². The van der Waals surface area contributed by atoms with E-state index in [0.29, 0.717) is 24.5 Å². The van der Waals surface area contributed by atoms with Crippen LogP contribution in [0.3, 0.4) is 0 Å². The van der Waals surface area contributed by atoms with Crippen LogP contribution in [0.5, 0.6) is 5.75 Å². The van der Waals surface area contributed by atoms with Crippen molar-refractivity contribution in [3.8, 4) is 5.75 Å². The lowest BCUT2D eigenvalue weighted by Gasteiger charge is -2.33. The third kappa shape index (κ3) is 2.14. The number of carbonyl (C=O) groups is 1. The minimum absolute atomic E-state index is 0.192. The zero-order valence-corrected chi connectivity index (χ0v) is 12.4. The van der Waals surface area contributed by atoms with Gasteiger partial charge in [-0.1, -0.05) is 0 Å². The van der Waals surface area contributed by atoms with Crippen LogP contribution in [0.15, 0.2) is 12.1 Å². The largest absolute Gasteiger partial charge is 0.472 e. The number of hydrogen-bond donors (Lipinski definition) is 1. The molecule has 1 N–H and O–H groups in total. The number of pyridine rings is 1. The number of nitrogens with zero attached hydrogens (tertiary/aromatic N) is 3. The minimum atomic E-state index is -0.983. The fraction of sp³-hybridized carbons (Fsp3) is 0.533. The fourth-order valence-electron chi connectivity index (χ4n) is 2.96. The average molecular weight is 286 g/mol. The van der Waals surface area contributed by atoms with Crippen molar-refractivity contribution in [3.63, 3.8) is 0 Å². The van der Waals surface area contributed by atoms with Gasteiger partial charge in [-0.3, -0.25) is 9.64 Å². The van der Waals surface area contributed by atoms with Gasteiger partial charge in [0.2, 0.25) is 5.60 Å². The number of likely N-dealkylation sites (tertiary alicyclic amines) is 1. The molecule has 1 fully saturated rings. The number of rotatable bonds is 1. The Morgan fingerprint density at radius 2 is 2.33 bits per heavy atom. The van der Waals surface area contributed by atoms with Gasteiger partial charge in [0, 0.05) is 11.7 Å². The lowest BCUT2D eigenvalue weighted by molar-refractivity contribution is -0.131. The Balaban J connectivity index is 1.95. The lowest BCUT2D eigenvalue weighted by Crippen LogP contribution is -2.53. The van der Waals surface area contributed by atoms with E-state index in [9.17, 15) is 4.79 Å². The summed E-state index contributed by atoms with van der Waals surface area (Å²) in [5.41, 5.74) is -0.161. The average Bonchev–Trinajstić information content (AvgIpc) is 2.81. The number of nitrogens with one attached hydrogen (secondary N) is 1. The van der Waals surface area contributed by atoms with Gasteiger partial charge in [0.25, 0.3) is 12.1 Å². The van der Waals surface area contributed by atoms with E-state index < -0.39 is 5.60 Å². The Kier molecular flexibility index (Phi) is 3.10. The van der Waals surface area contributed by atoms with Gasteiger partial charge in [0.05, 0.1) is 13.0 Å². The summed E-state index contributed by atoms with van der Waals surface area (Å²) in [6.45, 7) is 13.7. The second-order valence-corrected chi connectivity index (χ2v) is 5.93. The first-order chi connectivity index (χ1) is 9.95. The topological polar surface area (TPSA) is 58.8 Å². The van der Waals surface area contributed by atoms with Crippen molar-refractivity contribution in [3.05, 3.63) is 29.2 Å². The van der Waals surface area contributed by atoms with Crippen molar-refractivity contribution < 1.29 is 9.53 Å². The molecular weight excluding hydrogens is 268 g/mol. The van der Waals surface area contributed by atoms with E-state index in [2.05, 4.69) is 15.1 Å². The van der Waals surface area contributed by atoms with Gasteiger partial charge in [0.1, 0.15) is 0 Å². The van der Waals surface area contributed by atoms with Crippen LogP contribution < -0.4 is 10.1 Å². The maximum Gasteiger partial charge on any atom is 0.284 e. The number of amides is 1. The van der Waals surface area contributed by atoms with Crippen molar-refractivity contribution in [2.24, 2.45) is 0 Å². The Labute approximate surface area is 123 Å². The fourth-order valence-corrected chi connectivity index (χ4v) is 2.96. The monoisotopic (exact) mass is 286 g/mol. The summed E-state index contributed by atoms with van der Waals surface area (Å²) in [5.74, 6) is 0.840. The highest BCUT2D eigenvalue weighted by Gasteiger charge is 2.57. The third-order valence-electron chi connectivity index (χ3n) is 4.09. The summed E-state index contributed by atoms with van der Waals surface area (Å²) in [6.07, 6.45) is 0.0593. The molecule has 6 heteroatoms. The number of aryl methyl sites for hydroxylation is 1. The normalized spacial score (nSPS) is 28.1. The second kappa shape index (κ2) is 4.71. The summed E-state index contributed by atoms with van der Waals surface area (Å²) >= 11 is 0. The van der Waals surface area contributed by atoms with E-state index in [0.717, 1.165) is 5.69 Å². The lowest BCUT2D eigenvalue weighted by atomic mass is 9.99. The molecule has 2 aliphatic rings. The number of aromatic nitrogens is 1. The van der Waals surface area contributed by atoms with Gasteiger partial charge >= 0.3 is 0 Å². The Morgan fingerprint density at radius 1 is 1.57 bits per heavy atom. The molecule has 0 aromatic carbocycles. The minimum Gasteiger partial charge on any atom is -0.472 e. The first-order valence-electron chi connectivity index (χ1n) is 7.05. The van der Waals surface area contributed by atoms with Crippen LogP contribution in [0.1, 0.15) is 26.0 Å². The van der Waals surface area contributed by atoms with Crippen molar-refractivity contribution in [2.45, 2.75) is 45.0 Å². The Hall–Kier alpha value is -2.13. The van der Waals surface area contributed by atoms with Crippen molar-refractivity contribution in [1.29, 1.82) is 0 Å². The zero-order valence-electron chi connectivity index (χ0n) is 12.4. The van der Waals surface area contributed by atoms with E-state index in [1.165, 1.54) is 0 Å². The van der Waals surface area contributed by atoms with E-state index in [1.54, 1.807) is 0 Å². The maximum atomic E-state index is 12.5. The summed E-state index contributed by atoms with van der Waals surface area (Å²) < 4.78 is 6.00. The summed E-state index contributed by atoms with van der Waals surface area (Å²) in [5, 5.41) is 2.83. The van der Waals surface area contributed by atoms with Gasteiger partial charge in [-0.15, -0.1) is 0 Å². The van der Waals surface area contributed by atoms with Crippen LogP contribution in [0.25, 0.3) is 4.85 Å². The van der Waals surface area contributed by atoms with Crippen LogP contribution in [0, 0.1) is 13.5 Å². The van der Waals surface area contributed by atoms with Crippen molar-refractivity contribution in [1.82, 2.24) is 9.88 Å². The van der Waals surface area contributed by atoms with Crippen LogP contribution in [-0.4, -0.2) is 40.1 Å². The van der Waals surface area contributed by atoms with E-state index in [-0.39, 0.29) is 18.1 Å². The quantitative estimate of drug-likeness (QED) is 0.800. The van der Waals surface area contributed by atoms with Gasteiger partial charge in [0.15, 0.2) is 11.6 Å². The zero-order chi connectivity index (χ0) is 15.2.